The fourth-order valence-corrected chi connectivity index (χ4v) is 3.20. The lowest BCUT2D eigenvalue weighted by atomic mass is 9.96. The molecule has 6 unspecified atom stereocenters. The van der Waals surface area contributed by atoms with Gasteiger partial charge in [-0.25, -0.2) is 4.79 Å². The molecule has 1 aromatic rings. The molecule has 8 heteroatoms. The minimum atomic E-state index is -1.37. The van der Waals surface area contributed by atoms with Gasteiger partial charge in [0.2, 0.25) is 0 Å². The molecule has 0 aromatic heterocycles. The van der Waals surface area contributed by atoms with Crippen molar-refractivity contribution in [3.05, 3.63) is 35.4 Å². The van der Waals surface area contributed by atoms with Crippen molar-refractivity contribution in [2.45, 2.75) is 56.4 Å². The van der Waals surface area contributed by atoms with E-state index in [1.54, 1.807) is 19.1 Å². The standard InChI is InChI=1S/C19H24O8/c1-9-4-3-5-12(20)17(23)14(22)8-15-18(27-15)11-6-10(25-2)7-13(21)16(11)19(24)26-9/h3,5-7,9,12,14-15,17-18,20-23H,4,8H2,1-2H3. The second kappa shape index (κ2) is 7.85. The maximum Gasteiger partial charge on any atom is 0.342 e. The summed E-state index contributed by atoms with van der Waals surface area (Å²) in [6.45, 7) is 1.67. The molecule has 1 aromatic carbocycles. The Balaban J connectivity index is 1.97. The third-order valence-electron chi connectivity index (χ3n) is 4.78. The van der Waals surface area contributed by atoms with Crippen LogP contribution in [0.3, 0.4) is 0 Å². The quantitative estimate of drug-likeness (QED) is 0.320. The SMILES string of the molecule is COc1cc(O)c2c(c1)C1OC1CC(O)C(O)C(O)C=CCC(C)OC2=O. The molecule has 1 saturated heterocycles. The summed E-state index contributed by atoms with van der Waals surface area (Å²) in [7, 11) is 1.43. The van der Waals surface area contributed by atoms with Gasteiger partial charge in [0.15, 0.2) is 0 Å². The van der Waals surface area contributed by atoms with E-state index in [4.69, 9.17) is 14.2 Å². The molecule has 2 aliphatic rings. The average molecular weight is 380 g/mol. The number of carbonyl (C=O) groups is 1. The Hall–Kier alpha value is -2.13. The highest BCUT2D eigenvalue weighted by Crippen LogP contribution is 2.46. The summed E-state index contributed by atoms with van der Waals surface area (Å²) in [4.78, 5) is 12.6. The number of epoxide rings is 1. The van der Waals surface area contributed by atoms with Crippen molar-refractivity contribution in [2.24, 2.45) is 0 Å². The zero-order valence-electron chi connectivity index (χ0n) is 15.1. The molecule has 0 aliphatic carbocycles. The van der Waals surface area contributed by atoms with E-state index < -0.39 is 42.6 Å². The van der Waals surface area contributed by atoms with E-state index in [0.29, 0.717) is 17.7 Å². The molecular weight excluding hydrogens is 356 g/mol. The van der Waals surface area contributed by atoms with Gasteiger partial charge in [0.05, 0.1) is 19.3 Å². The zero-order valence-corrected chi connectivity index (χ0v) is 15.1. The molecule has 148 valence electrons. The maximum absolute atomic E-state index is 12.6. The molecule has 2 aliphatic heterocycles. The van der Waals surface area contributed by atoms with E-state index in [2.05, 4.69) is 0 Å². The van der Waals surface area contributed by atoms with Gasteiger partial charge in [0.25, 0.3) is 0 Å². The molecule has 8 nitrogen and oxygen atoms in total. The average Bonchev–Trinajstić information content (AvgIpc) is 3.38. The minimum absolute atomic E-state index is 0.00809. The van der Waals surface area contributed by atoms with Crippen molar-refractivity contribution in [2.75, 3.05) is 7.11 Å². The molecule has 2 heterocycles. The van der Waals surface area contributed by atoms with Gasteiger partial charge in [-0.15, -0.1) is 0 Å². The fourth-order valence-electron chi connectivity index (χ4n) is 3.20. The number of benzene rings is 1. The van der Waals surface area contributed by atoms with Gasteiger partial charge in [-0.1, -0.05) is 12.2 Å². The summed E-state index contributed by atoms with van der Waals surface area (Å²) in [5.74, 6) is -0.630. The number of hydrogen-bond acceptors (Lipinski definition) is 8. The van der Waals surface area contributed by atoms with Crippen LogP contribution in [0.5, 0.6) is 11.5 Å². The Kier molecular flexibility index (Phi) is 5.71. The Bertz CT molecular complexity index is 731. The van der Waals surface area contributed by atoms with Gasteiger partial charge >= 0.3 is 5.97 Å². The summed E-state index contributed by atoms with van der Waals surface area (Å²) in [6.07, 6.45) is -2.15. The van der Waals surface area contributed by atoms with Crippen LogP contribution in [0.2, 0.25) is 0 Å². The summed E-state index contributed by atoms with van der Waals surface area (Å²) < 4.78 is 16.1. The Labute approximate surface area is 156 Å². The van der Waals surface area contributed by atoms with E-state index in [9.17, 15) is 25.2 Å². The number of hydrogen-bond donors (Lipinski definition) is 4. The van der Waals surface area contributed by atoms with Crippen molar-refractivity contribution in [3.8, 4) is 11.5 Å². The summed E-state index contributed by atoms with van der Waals surface area (Å²) in [5.41, 5.74) is 0.384. The van der Waals surface area contributed by atoms with E-state index in [1.807, 2.05) is 0 Å². The second-order valence-electron chi connectivity index (χ2n) is 6.87. The van der Waals surface area contributed by atoms with Gasteiger partial charge in [0, 0.05) is 24.5 Å². The van der Waals surface area contributed by atoms with Crippen LogP contribution in [0, 0.1) is 0 Å². The Morgan fingerprint density at radius 2 is 1.96 bits per heavy atom. The number of carbonyl (C=O) groups excluding carboxylic acids is 1. The first-order valence-electron chi connectivity index (χ1n) is 8.80. The number of ether oxygens (including phenoxy) is 3. The first kappa shape index (κ1) is 19.6. The molecule has 0 spiro atoms. The number of phenolic OH excluding ortho intramolecular Hbond substituents is 1. The monoisotopic (exact) mass is 380 g/mol. The lowest BCUT2D eigenvalue weighted by molar-refractivity contribution is -0.0464. The van der Waals surface area contributed by atoms with Crippen LogP contribution in [0.25, 0.3) is 0 Å². The van der Waals surface area contributed by atoms with Gasteiger partial charge in [-0.3, -0.25) is 0 Å². The molecular formula is C19H24O8. The minimum Gasteiger partial charge on any atom is -0.507 e. The molecule has 4 N–H and O–H groups in total. The highest BCUT2D eigenvalue weighted by atomic mass is 16.6. The smallest absolute Gasteiger partial charge is 0.342 e. The highest BCUT2D eigenvalue weighted by Gasteiger charge is 2.45. The molecule has 27 heavy (non-hydrogen) atoms. The number of methoxy groups -OCH3 is 1. The number of aliphatic hydroxyl groups is 3. The summed E-state index contributed by atoms with van der Waals surface area (Å²) in [5, 5.41) is 40.5. The molecule has 1 fully saturated rings. The molecule has 0 amide bonds. The number of aromatic hydroxyl groups is 1. The highest BCUT2D eigenvalue weighted by molar-refractivity contribution is 5.95. The Morgan fingerprint density at radius 3 is 2.67 bits per heavy atom. The first-order valence-corrected chi connectivity index (χ1v) is 8.80. The third-order valence-corrected chi connectivity index (χ3v) is 4.78. The van der Waals surface area contributed by atoms with Crippen molar-refractivity contribution >= 4 is 5.97 Å². The third kappa shape index (κ3) is 4.24. The lowest BCUT2D eigenvalue weighted by Gasteiger charge is -2.21. The van der Waals surface area contributed by atoms with Crippen molar-refractivity contribution in [3.63, 3.8) is 0 Å². The van der Waals surface area contributed by atoms with Gasteiger partial charge in [-0.2, -0.15) is 0 Å². The van der Waals surface area contributed by atoms with Gasteiger partial charge in [-0.05, 0) is 13.0 Å². The summed E-state index contributed by atoms with van der Waals surface area (Å²) >= 11 is 0. The Morgan fingerprint density at radius 1 is 1.22 bits per heavy atom. The molecule has 0 saturated carbocycles. The molecule has 3 rings (SSSR count). The van der Waals surface area contributed by atoms with E-state index in [1.165, 1.54) is 19.3 Å². The van der Waals surface area contributed by atoms with Crippen LogP contribution in [-0.2, 0) is 9.47 Å². The number of phenols is 1. The first-order chi connectivity index (χ1) is 12.8. The van der Waals surface area contributed by atoms with Crippen molar-refractivity contribution < 1.29 is 39.4 Å². The topological polar surface area (TPSA) is 129 Å². The van der Waals surface area contributed by atoms with Crippen molar-refractivity contribution in [1.82, 2.24) is 0 Å². The van der Waals surface area contributed by atoms with Crippen LogP contribution < -0.4 is 4.74 Å². The fraction of sp³-hybridized carbons (Fsp3) is 0.526. The van der Waals surface area contributed by atoms with E-state index >= 15 is 0 Å². The van der Waals surface area contributed by atoms with Crippen LogP contribution in [0.4, 0.5) is 0 Å². The number of fused-ring (bicyclic) bond motifs is 3. The number of cyclic esters (lactones) is 1. The molecule has 0 radical (unpaired) electrons. The van der Waals surface area contributed by atoms with Crippen LogP contribution in [-0.4, -0.2) is 64.0 Å². The lowest BCUT2D eigenvalue weighted by Crippen LogP contribution is -2.37. The number of esters is 1. The van der Waals surface area contributed by atoms with Crippen LogP contribution >= 0.6 is 0 Å². The zero-order chi connectivity index (χ0) is 19.7. The maximum atomic E-state index is 12.6. The van der Waals surface area contributed by atoms with E-state index in [-0.39, 0.29) is 17.7 Å². The number of aliphatic hydroxyl groups excluding tert-OH is 3. The molecule has 0 bridgehead atoms. The van der Waals surface area contributed by atoms with Gasteiger partial charge < -0.3 is 34.6 Å². The van der Waals surface area contributed by atoms with Crippen LogP contribution in [0.1, 0.15) is 41.8 Å². The molecule has 6 atom stereocenters. The van der Waals surface area contributed by atoms with Crippen LogP contribution in [0.15, 0.2) is 24.3 Å². The number of rotatable bonds is 1. The predicted octanol–water partition coefficient (Wildman–Crippen LogP) is 0.819. The van der Waals surface area contributed by atoms with E-state index in [0.717, 1.165) is 0 Å². The van der Waals surface area contributed by atoms with Gasteiger partial charge in [0.1, 0.15) is 41.5 Å². The normalized spacial score (nSPS) is 34.0. The predicted molar refractivity (Wildman–Crippen MR) is 93.5 cm³/mol. The van der Waals surface area contributed by atoms with Crippen molar-refractivity contribution in [1.29, 1.82) is 0 Å². The second-order valence-corrected chi connectivity index (χ2v) is 6.87. The summed E-state index contributed by atoms with van der Waals surface area (Å²) in [6, 6.07) is 2.90. The largest absolute Gasteiger partial charge is 0.507 e.